The van der Waals surface area contributed by atoms with Crippen LogP contribution in [-0.4, -0.2) is 44.8 Å². The molecule has 1 aromatic heterocycles. The van der Waals surface area contributed by atoms with Gasteiger partial charge in [0.1, 0.15) is 0 Å². The first-order chi connectivity index (χ1) is 11.2. The molecule has 1 aliphatic heterocycles. The van der Waals surface area contributed by atoms with Crippen molar-refractivity contribution in [3.8, 4) is 0 Å². The minimum absolute atomic E-state index is 0.0412. The smallest absolute Gasteiger partial charge is 0.435 e. The van der Waals surface area contributed by atoms with Crippen LogP contribution >= 0.6 is 0 Å². The van der Waals surface area contributed by atoms with Gasteiger partial charge in [0.25, 0.3) is 5.91 Å². The zero-order valence-corrected chi connectivity index (χ0v) is 13.1. The highest BCUT2D eigenvalue weighted by Gasteiger charge is 2.56. The molecule has 1 N–H and O–H groups in total. The first-order valence-electron chi connectivity index (χ1n) is 7.86. The Labute approximate surface area is 136 Å². The van der Waals surface area contributed by atoms with Gasteiger partial charge in [-0.1, -0.05) is 6.42 Å². The van der Waals surface area contributed by atoms with Crippen LogP contribution in [0, 0.1) is 11.3 Å². The second kappa shape index (κ2) is 5.49. The second-order valence-electron chi connectivity index (χ2n) is 6.48. The average molecular weight is 345 g/mol. The molecule has 0 aromatic carbocycles. The van der Waals surface area contributed by atoms with Gasteiger partial charge < -0.3 is 10.0 Å². The lowest BCUT2D eigenvalue weighted by Gasteiger charge is -2.23. The van der Waals surface area contributed by atoms with E-state index in [1.54, 1.807) is 6.92 Å². The van der Waals surface area contributed by atoms with Crippen LogP contribution in [0.3, 0.4) is 0 Å². The summed E-state index contributed by atoms with van der Waals surface area (Å²) >= 11 is 0. The van der Waals surface area contributed by atoms with Crippen molar-refractivity contribution in [2.75, 3.05) is 13.1 Å². The Kier molecular flexibility index (Phi) is 3.84. The van der Waals surface area contributed by atoms with E-state index in [1.807, 2.05) is 0 Å². The predicted molar refractivity (Wildman–Crippen MR) is 76.2 cm³/mol. The van der Waals surface area contributed by atoms with Gasteiger partial charge in [-0.25, -0.2) is 0 Å². The number of fused-ring (bicyclic) bond motifs is 1. The molecular weight excluding hydrogens is 327 g/mol. The highest BCUT2D eigenvalue weighted by atomic mass is 19.4. The zero-order valence-electron chi connectivity index (χ0n) is 13.1. The van der Waals surface area contributed by atoms with E-state index in [0.717, 1.165) is 17.3 Å². The third-order valence-electron chi connectivity index (χ3n) is 5.17. The van der Waals surface area contributed by atoms with Crippen molar-refractivity contribution in [3.05, 3.63) is 17.5 Å². The van der Waals surface area contributed by atoms with Crippen LogP contribution < -0.4 is 0 Å². The minimum Gasteiger partial charge on any atom is -0.481 e. The largest absolute Gasteiger partial charge is 0.481 e. The molecule has 0 radical (unpaired) electrons. The van der Waals surface area contributed by atoms with Crippen molar-refractivity contribution >= 4 is 11.9 Å². The van der Waals surface area contributed by atoms with Gasteiger partial charge in [0.05, 0.1) is 11.0 Å². The standard InChI is InChI=1S/C15H18F3N3O3/c1-2-21-7-10(11(19-21)15(16,17)18)12(22)20-6-9-4-3-5-14(9,8-20)13(23)24/h7,9H,2-6,8H2,1H3,(H,23,24)/t9-,14+/m0/s1. The van der Waals surface area contributed by atoms with Gasteiger partial charge in [0, 0.05) is 25.8 Å². The first-order valence-corrected chi connectivity index (χ1v) is 7.86. The number of likely N-dealkylation sites (tertiary alicyclic amines) is 1. The predicted octanol–water partition coefficient (Wildman–Crippen LogP) is 2.25. The van der Waals surface area contributed by atoms with Crippen molar-refractivity contribution in [1.29, 1.82) is 0 Å². The number of amides is 1. The fraction of sp³-hybridized carbons (Fsp3) is 0.667. The topological polar surface area (TPSA) is 75.4 Å². The number of carboxylic acids is 1. The molecule has 2 atom stereocenters. The summed E-state index contributed by atoms with van der Waals surface area (Å²) in [4.78, 5) is 25.5. The summed E-state index contributed by atoms with van der Waals surface area (Å²) < 4.78 is 40.5. The van der Waals surface area contributed by atoms with Gasteiger partial charge >= 0.3 is 12.1 Å². The van der Waals surface area contributed by atoms with Crippen molar-refractivity contribution in [2.45, 2.75) is 38.9 Å². The fourth-order valence-electron chi connectivity index (χ4n) is 3.91. The lowest BCUT2D eigenvalue weighted by Crippen LogP contribution is -2.37. The monoisotopic (exact) mass is 345 g/mol. The van der Waals surface area contributed by atoms with Gasteiger partial charge in [-0.3, -0.25) is 14.3 Å². The SMILES string of the molecule is CCn1cc(C(=O)N2C[C@@H]3CCC[C@@]3(C(=O)O)C2)c(C(F)(F)F)n1. The molecule has 1 aliphatic carbocycles. The Morgan fingerprint density at radius 2 is 2.17 bits per heavy atom. The molecule has 1 saturated heterocycles. The molecule has 24 heavy (non-hydrogen) atoms. The number of nitrogens with zero attached hydrogens (tertiary/aromatic N) is 3. The van der Waals surface area contributed by atoms with E-state index in [1.165, 1.54) is 4.90 Å². The van der Waals surface area contributed by atoms with E-state index in [0.29, 0.717) is 12.8 Å². The van der Waals surface area contributed by atoms with Crippen molar-refractivity contribution in [2.24, 2.45) is 11.3 Å². The Bertz CT molecular complexity index is 685. The Balaban J connectivity index is 1.91. The number of aliphatic carboxylic acids is 1. The highest BCUT2D eigenvalue weighted by molar-refractivity contribution is 5.96. The van der Waals surface area contributed by atoms with E-state index in [4.69, 9.17) is 0 Å². The van der Waals surface area contributed by atoms with Gasteiger partial charge in [0.2, 0.25) is 0 Å². The van der Waals surface area contributed by atoms with Gasteiger partial charge in [-0.05, 0) is 25.7 Å². The number of carboxylic acid groups (broad SMARTS) is 1. The van der Waals surface area contributed by atoms with E-state index in [2.05, 4.69) is 5.10 Å². The maximum Gasteiger partial charge on any atom is 0.435 e. The van der Waals surface area contributed by atoms with Crippen LogP contribution in [0.5, 0.6) is 0 Å². The molecule has 132 valence electrons. The molecule has 0 spiro atoms. The number of aromatic nitrogens is 2. The minimum atomic E-state index is -4.73. The van der Waals surface area contributed by atoms with Gasteiger partial charge in [-0.2, -0.15) is 18.3 Å². The van der Waals surface area contributed by atoms with Gasteiger partial charge in [0.15, 0.2) is 5.69 Å². The molecule has 2 aliphatic rings. The number of rotatable bonds is 3. The number of hydrogen-bond donors (Lipinski definition) is 1. The summed E-state index contributed by atoms with van der Waals surface area (Å²) in [6.07, 6.45) is -1.74. The molecular formula is C15H18F3N3O3. The highest BCUT2D eigenvalue weighted by Crippen LogP contribution is 2.49. The summed E-state index contributed by atoms with van der Waals surface area (Å²) in [5.74, 6) is -1.97. The number of aryl methyl sites for hydroxylation is 1. The van der Waals surface area contributed by atoms with Crippen molar-refractivity contribution < 1.29 is 27.9 Å². The van der Waals surface area contributed by atoms with Crippen molar-refractivity contribution in [1.82, 2.24) is 14.7 Å². The Morgan fingerprint density at radius 3 is 2.71 bits per heavy atom. The van der Waals surface area contributed by atoms with Crippen molar-refractivity contribution in [3.63, 3.8) is 0 Å². The molecule has 3 rings (SSSR count). The molecule has 6 nitrogen and oxygen atoms in total. The fourth-order valence-corrected chi connectivity index (χ4v) is 3.91. The van der Waals surface area contributed by atoms with E-state index in [9.17, 15) is 27.9 Å². The van der Waals surface area contributed by atoms with Crippen LogP contribution in [0.15, 0.2) is 6.20 Å². The third-order valence-corrected chi connectivity index (χ3v) is 5.17. The summed E-state index contributed by atoms with van der Waals surface area (Å²) in [5, 5.41) is 13.0. The average Bonchev–Trinajstić information content (AvgIpc) is 3.17. The summed E-state index contributed by atoms with van der Waals surface area (Å²) in [7, 11) is 0. The maximum atomic E-state index is 13.1. The molecule has 0 bridgehead atoms. The molecule has 0 unspecified atom stereocenters. The Hall–Kier alpha value is -2.06. The number of alkyl halides is 3. The number of hydrogen-bond acceptors (Lipinski definition) is 3. The van der Waals surface area contributed by atoms with E-state index >= 15 is 0 Å². The van der Waals surface area contributed by atoms with Crippen LogP contribution in [0.2, 0.25) is 0 Å². The number of halogens is 3. The Morgan fingerprint density at radius 1 is 1.46 bits per heavy atom. The molecule has 1 amide bonds. The number of carbonyl (C=O) groups excluding carboxylic acids is 1. The maximum absolute atomic E-state index is 13.1. The van der Waals surface area contributed by atoms with Crippen LogP contribution in [0.4, 0.5) is 13.2 Å². The molecule has 1 aromatic rings. The van der Waals surface area contributed by atoms with Gasteiger partial charge in [-0.15, -0.1) is 0 Å². The third kappa shape index (κ3) is 2.46. The summed E-state index contributed by atoms with van der Waals surface area (Å²) in [6, 6.07) is 0. The van der Waals surface area contributed by atoms with Crippen LogP contribution in [0.25, 0.3) is 0 Å². The molecule has 9 heteroatoms. The van der Waals surface area contributed by atoms with Crippen LogP contribution in [-0.2, 0) is 17.5 Å². The molecule has 2 fully saturated rings. The van der Waals surface area contributed by atoms with Crippen LogP contribution in [0.1, 0.15) is 42.2 Å². The second-order valence-corrected chi connectivity index (χ2v) is 6.48. The number of carbonyl (C=O) groups is 2. The quantitative estimate of drug-likeness (QED) is 0.912. The van der Waals surface area contributed by atoms with E-state index in [-0.39, 0.29) is 25.6 Å². The molecule has 2 heterocycles. The lowest BCUT2D eigenvalue weighted by atomic mass is 9.81. The summed E-state index contributed by atoms with van der Waals surface area (Å²) in [6.45, 7) is 1.97. The zero-order chi connectivity index (χ0) is 17.7. The summed E-state index contributed by atoms with van der Waals surface area (Å²) in [5.41, 5.74) is -2.74. The normalized spacial score (nSPS) is 26.7. The first kappa shape index (κ1) is 16.8. The molecule has 1 saturated carbocycles. The van der Waals surface area contributed by atoms with E-state index < -0.39 is 34.7 Å². The lowest BCUT2D eigenvalue weighted by molar-refractivity contribution is -0.149.